The van der Waals surface area contributed by atoms with Crippen molar-refractivity contribution in [3.05, 3.63) is 66.0 Å². The van der Waals surface area contributed by atoms with E-state index in [0.717, 1.165) is 5.69 Å². The summed E-state index contributed by atoms with van der Waals surface area (Å²) in [5.74, 6) is 1.27. The Labute approximate surface area is 191 Å². The highest BCUT2D eigenvalue weighted by Crippen LogP contribution is 2.25. The van der Waals surface area contributed by atoms with Crippen molar-refractivity contribution in [1.29, 1.82) is 0 Å². The van der Waals surface area contributed by atoms with E-state index in [9.17, 15) is 9.59 Å². The molecule has 2 N–H and O–H groups in total. The number of hydrogen-bond donors (Lipinski definition) is 2. The number of rotatable bonds is 9. The van der Waals surface area contributed by atoms with Crippen molar-refractivity contribution in [2.24, 2.45) is 13.0 Å². The largest absolute Gasteiger partial charge is 0.497 e. The van der Waals surface area contributed by atoms with Gasteiger partial charge in [-0.25, -0.2) is 0 Å². The van der Waals surface area contributed by atoms with Gasteiger partial charge in [-0.1, -0.05) is 43.8 Å². The molecular weight excluding hydrogens is 426 g/mol. The number of carbonyl (C=O) groups excluding carboxylic acids is 2. The van der Waals surface area contributed by atoms with Gasteiger partial charge in [0.25, 0.3) is 5.91 Å². The van der Waals surface area contributed by atoms with Gasteiger partial charge in [0.1, 0.15) is 5.75 Å². The van der Waals surface area contributed by atoms with Crippen LogP contribution in [0.25, 0.3) is 0 Å². The van der Waals surface area contributed by atoms with Gasteiger partial charge >= 0.3 is 0 Å². The SMILES string of the molecule is COc1ccc(C(=O)N[C@H](c2nnc(SCC(=O)Nc3ccccc3)n2C)C(C)C)cc1. The molecule has 32 heavy (non-hydrogen) atoms. The van der Waals surface area contributed by atoms with E-state index in [0.29, 0.717) is 22.3 Å². The summed E-state index contributed by atoms with van der Waals surface area (Å²) in [6.07, 6.45) is 0. The summed E-state index contributed by atoms with van der Waals surface area (Å²) in [6.45, 7) is 4.02. The number of para-hydroxylation sites is 1. The molecule has 0 saturated carbocycles. The predicted octanol–water partition coefficient (Wildman–Crippen LogP) is 3.68. The van der Waals surface area contributed by atoms with Crippen LogP contribution in [0.3, 0.4) is 0 Å². The normalized spacial score (nSPS) is 11.8. The summed E-state index contributed by atoms with van der Waals surface area (Å²) in [5.41, 5.74) is 1.28. The lowest BCUT2D eigenvalue weighted by atomic mass is 10.0. The molecule has 168 valence electrons. The first-order chi connectivity index (χ1) is 15.4. The minimum Gasteiger partial charge on any atom is -0.497 e. The number of anilines is 1. The fraction of sp³-hybridized carbons (Fsp3) is 0.304. The second-order valence-electron chi connectivity index (χ2n) is 7.53. The monoisotopic (exact) mass is 453 g/mol. The van der Waals surface area contributed by atoms with Gasteiger partial charge in [-0.2, -0.15) is 0 Å². The zero-order valence-electron chi connectivity index (χ0n) is 18.5. The highest BCUT2D eigenvalue weighted by Gasteiger charge is 2.25. The molecular formula is C23H27N5O3S. The van der Waals surface area contributed by atoms with E-state index in [-0.39, 0.29) is 29.5 Å². The van der Waals surface area contributed by atoms with Crippen LogP contribution in [0.5, 0.6) is 5.75 Å². The molecule has 2 amide bonds. The van der Waals surface area contributed by atoms with Gasteiger partial charge in [-0.3, -0.25) is 9.59 Å². The quantitative estimate of drug-likeness (QED) is 0.480. The van der Waals surface area contributed by atoms with Gasteiger partial charge in [0.15, 0.2) is 11.0 Å². The standard InChI is InChI=1S/C23H27N5O3S/c1-15(2)20(25-22(30)16-10-12-18(31-4)13-11-16)21-26-27-23(28(21)3)32-14-19(29)24-17-8-6-5-7-9-17/h5-13,15,20H,14H2,1-4H3,(H,24,29)(H,25,30)/t20-/m0/s1. The van der Waals surface area contributed by atoms with Crippen molar-refractivity contribution in [3.8, 4) is 5.75 Å². The first-order valence-electron chi connectivity index (χ1n) is 10.2. The van der Waals surface area contributed by atoms with Gasteiger partial charge < -0.3 is 19.9 Å². The minimum atomic E-state index is -0.338. The molecule has 0 saturated heterocycles. The Hall–Kier alpha value is -3.33. The number of thioether (sulfide) groups is 1. The highest BCUT2D eigenvalue weighted by molar-refractivity contribution is 7.99. The first-order valence-corrected chi connectivity index (χ1v) is 11.2. The van der Waals surface area contributed by atoms with Crippen LogP contribution in [0.4, 0.5) is 5.69 Å². The van der Waals surface area contributed by atoms with Crippen LogP contribution >= 0.6 is 11.8 Å². The molecule has 0 aliphatic rings. The number of ether oxygens (including phenoxy) is 1. The van der Waals surface area contributed by atoms with E-state index in [1.54, 1.807) is 31.4 Å². The maximum absolute atomic E-state index is 12.8. The number of amides is 2. The van der Waals surface area contributed by atoms with Crippen molar-refractivity contribution in [2.45, 2.75) is 25.0 Å². The van der Waals surface area contributed by atoms with Crippen molar-refractivity contribution in [3.63, 3.8) is 0 Å². The van der Waals surface area contributed by atoms with Gasteiger partial charge in [0.2, 0.25) is 5.91 Å². The summed E-state index contributed by atoms with van der Waals surface area (Å²) in [7, 11) is 3.42. The second-order valence-corrected chi connectivity index (χ2v) is 8.47. The molecule has 8 nitrogen and oxygen atoms in total. The van der Waals surface area contributed by atoms with Crippen molar-refractivity contribution < 1.29 is 14.3 Å². The van der Waals surface area contributed by atoms with Crippen LogP contribution in [0, 0.1) is 5.92 Å². The van der Waals surface area contributed by atoms with Gasteiger partial charge in [0.05, 0.1) is 18.9 Å². The number of benzene rings is 2. The van der Waals surface area contributed by atoms with Crippen LogP contribution in [-0.2, 0) is 11.8 Å². The average Bonchev–Trinajstić information content (AvgIpc) is 3.16. The molecule has 0 unspecified atom stereocenters. The number of nitrogens with zero attached hydrogens (tertiary/aromatic N) is 3. The van der Waals surface area contributed by atoms with Crippen LogP contribution in [0.15, 0.2) is 59.8 Å². The van der Waals surface area contributed by atoms with Crippen molar-refractivity contribution >= 4 is 29.3 Å². The number of nitrogens with one attached hydrogen (secondary N) is 2. The Morgan fingerprint density at radius 2 is 1.75 bits per heavy atom. The van der Waals surface area contributed by atoms with E-state index >= 15 is 0 Å². The van der Waals surface area contributed by atoms with Crippen LogP contribution in [0.1, 0.15) is 36.1 Å². The minimum absolute atomic E-state index is 0.0827. The molecule has 1 heterocycles. The highest BCUT2D eigenvalue weighted by atomic mass is 32.2. The molecule has 1 atom stereocenters. The van der Waals surface area contributed by atoms with Crippen LogP contribution in [-0.4, -0.2) is 39.4 Å². The molecule has 0 bridgehead atoms. The smallest absolute Gasteiger partial charge is 0.251 e. The van der Waals surface area contributed by atoms with Gasteiger partial charge in [0, 0.05) is 18.3 Å². The zero-order chi connectivity index (χ0) is 23.1. The molecule has 0 spiro atoms. The van der Waals surface area contributed by atoms with Crippen molar-refractivity contribution in [1.82, 2.24) is 20.1 Å². The second kappa shape index (κ2) is 10.8. The Morgan fingerprint density at radius 1 is 1.06 bits per heavy atom. The topological polar surface area (TPSA) is 98.1 Å². The number of aromatic nitrogens is 3. The van der Waals surface area contributed by atoms with Gasteiger partial charge in [-0.05, 0) is 42.3 Å². The lowest BCUT2D eigenvalue weighted by molar-refractivity contribution is -0.113. The molecule has 0 aliphatic carbocycles. The Balaban J connectivity index is 1.66. The van der Waals surface area contributed by atoms with E-state index in [1.165, 1.54) is 11.8 Å². The third-order valence-electron chi connectivity index (χ3n) is 4.84. The first kappa shape index (κ1) is 23.3. The maximum Gasteiger partial charge on any atom is 0.251 e. The third kappa shape index (κ3) is 5.88. The summed E-state index contributed by atoms with van der Waals surface area (Å²) >= 11 is 1.29. The average molecular weight is 454 g/mol. The Morgan fingerprint density at radius 3 is 2.38 bits per heavy atom. The molecule has 3 rings (SSSR count). The third-order valence-corrected chi connectivity index (χ3v) is 5.86. The van der Waals surface area contributed by atoms with E-state index in [2.05, 4.69) is 20.8 Å². The Bertz CT molecular complexity index is 1050. The lowest BCUT2D eigenvalue weighted by Crippen LogP contribution is -2.33. The fourth-order valence-corrected chi connectivity index (χ4v) is 3.79. The lowest BCUT2D eigenvalue weighted by Gasteiger charge is -2.21. The predicted molar refractivity (Wildman–Crippen MR) is 125 cm³/mol. The summed E-state index contributed by atoms with van der Waals surface area (Å²) < 4.78 is 6.96. The Kier molecular flexibility index (Phi) is 7.88. The maximum atomic E-state index is 12.8. The number of hydrogen-bond acceptors (Lipinski definition) is 6. The van der Waals surface area contributed by atoms with Crippen molar-refractivity contribution in [2.75, 3.05) is 18.2 Å². The van der Waals surface area contributed by atoms with E-state index < -0.39 is 0 Å². The molecule has 0 aliphatic heterocycles. The van der Waals surface area contributed by atoms with Gasteiger partial charge in [-0.15, -0.1) is 10.2 Å². The fourth-order valence-electron chi connectivity index (χ4n) is 3.07. The molecule has 2 aromatic carbocycles. The molecule has 9 heteroatoms. The summed E-state index contributed by atoms with van der Waals surface area (Å²) in [4.78, 5) is 25.0. The molecule has 3 aromatic rings. The number of methoxy groups -OCH3 is 1. The number of carbonyl (C=O) groups is 2. The van der Waals surface area contributed by atoms with E-state index in [4.69, 9.17) is 4.74 Å². The van der Waals surface area contributed by atoms with Crippen LogP contribution < -0.4 is 15.4 Å². The summed E-state index contributed by atoms with van der Waals surface area (Å²) in [5, 5.41) is 15.0. The molecule has 0 fully saturated rings. The van der Waals surface area contributed by atoms with E-state index in [1.807, 2.05) is 55.8 Å². The zero-order valence-corrected chi connectivity index (χ0v) is 19.3. The molecule has 0 radical (unpaired) electrons. The molecule has 1 aromatic heterocycles. The van der Waals surface area contributed by atoms with Crippen LogP contribution in [0.2, 0.25) is 0 Å². The summed E-state index contributed by atoms with van der Waals surface area (Å²) in [6, 6.07) is 15.9.